The summed E-state index contributed by atoms with van der Waals surface area (Å²) >= 11 is 5.92. The van der Waals surface area contributed by atoms with Gasteiger partial charge in [0.05, 0.1) is 0 Å². The average molecular weight is 406 g/mol. The van der Waals surface area contributed by atoms with Gasteiger partial charge in [-0.1, -0.05) is 44.9 Å². The first-order valence-corrected chi connectivity index (χ1v) is 10.2. The summed E-state index contributed by atoms with van der Waals surface area (Å²) in [5, 5.41) is 6.05. The van der Waals surface area contributed by atoms with Gasteiger partial charge in [-0.05, 0) is 55.2 Å². The fourth-order valence-corrected chi connectivity index (χ4v) is 4.44. The predicted octanol–water partition coefficient (Wildman–Crippen LogP) is 4.20. The number of nitrogens with one attached hydrogen (secondary N) is 2. The van der Waals surface area contributed by atoms with Gasteiger partial charge < -0.3 is 10.6 Å². The molecule has 0 bridgehead atoms. The van der Waals surface area contributed by atoms with Crippen LogP contribution in [0, 0.1) is 11.3 Å². The Hall–Kier alpha value is -2.08. The van der Waals surface area contributed by atoms with Crippen LogP contribution in [-0.2, 0) is 9.59 Å². The van der Waals surface area contributed by atoms with E-state index < -0.39 is 17.5 Å². The highest BCUT2D eigenvalue weighted by Gasteiger charge is 2.53. The molecule has 2 fully saturated rings. The highest BCUT2D eigenvalue weighted by molar-refractivity contribution is 6.30. The molecule has 2 N–H and O–H groups in total. The zero-order valence-electron chi connectivity index (χ0n) is 16.7. The fraction of sp³-hybridized carbons (Fsp3) is 0.571. The largest absolute Gasteiger partial charge is 0.325 e. The Morgan fingerprint density at radius 3 is 2.61 bits per heavy atom. The summed E-state index contributed by atoms with van der Waals surface area (Å²) in [6, 6.07) is 6.25. The van der Waals surface area contributed by atoms with E-state index in [1.54, 1.807) is 24.3 Å². The highest BCUT2D eigenvalue weighted by Crippen LogP contribution is 2.45. The molecule has 28 heavy (non-hydrogen) atoms. The van der Waals surface area contributed by atoms with Crippen LogP contribution in [-0.4, -0.2) is 34.8 Å². The molecule has 152 valence electrons. The lowest BCUT2D eigenvalue weighted by Gasteiger charge is -2.42. The Bertz CT molecular complexity index is 785. The van der Waals surface area contributed by atoms with E-state index in [0.29, 0.717) is 29.5 Å². The molecule has 0 unspecified atom stereocenters. The number of hydrogen-bond donors (Lipinski definition) is 2. The molecule has 1 aliphatic carbocycles. The van der Waals surface area contributed by atoms with E-state index in [4.69, 9.17) is 11.6 Å². The van der Waals surface area contributed by atoms with E-state index in [0.717, 1.165) is 24.2 Å². The zero-order valence-corrected chi connectivity index (χ0v) is 17.4. The Morgan fingerprint density at radius 2 is 2.00 bits per heavy atom. The number of anilines is 1. The van der Waals surface area contributed by atoms with Gasteiger partial charge in [0, 0.05) is 10.7 Å². The minimum atomic E-state index is -0.853. The van der Waals surface area contributed by atoms with E-state index in [9.17, 15) is 14.4 Å². The zero-order chi connectivity index (χ0) is 20.5. The molecule has 2 aliphatic rings. The van der Waals surface area contributed by atoms with Crippen LogP contribution in [0.5, 0.6) is 0 Å². The Morgan fingerprint density at radius 1 is 1.32 bits per heavy atom. The van der Waals surface area contributed by atoms with Gasteiger partial charge >= 0.3 is 6.03 Å². The molecule has 1 aromatic carbocycles. The van der Waals surface area contributed by atoms with Crippen LogP contribution >= 0.6 is 11.6 Å². The second-order valence-electron chi connectivity index (χ2n) is 8.58. The molecule has 1 saturated heterocycles. The number of rotatable bonds is 5. The first kappa shape index (κ1) is 20.6. The Labute approximate surface area is 171 Å². The quantitative estimate of drug-likeness (QED) is 0.720. The molecule has 1 aliphatic heterocycles. The summed E-state index contributed by atoms with van der Waals surface area (Å²) < 4.78 is 0. The molecule has 1 heterocycles. The number of urea groups is 1. The minimum absolute atomic E-state index is 0.226. The van der Waals surface area contributed by atoms with Crippen molar-refractivity contribution in [1.82, 2.24) is 10.2 Å². The standard InChI is InChI=1S/C21H28ClN3O3/c1-4-20(2,3)14-8-10-21(11-9-14)18(27)25(19(28)24-21)13-17(26)23-16-7-5-6-15(22)12-16/h5-7,12,14H,4,8-11,13H2,1-3H3,(H,23,26)(H,24,28). The predicted molar refractivity (Wildman–Crippen MR) is 109 cm³/mol. The van der Waals surface area contributed by atoms with Crippen LogP contribution in [0.15, 0.2) is 24.3 Å². The van der Waals surface area contributed by atoms with Crippen molar-refractivity contribution in [2.45, 2.75) is 58.4 Å². The summed E-state index contributed by atoms with van der Waals surface area (Å²) in [5.74, 6) is -0.178. The van der Waals surface area contributed by atoms with Crippen LogP contribution in [0.2, 0.25) is 5.02 Å². The number of halogens is 1. The lowest BCUT2D eigenvalue weighted by Crippen LogP contribution is -2.51. The molecule has 4 amide bonds. The van der Waals surface area contributed by atoms with Gasteiger partial charge in [-0.25, -0.2) is 4.79 Å². The lowest BCUT2D eigenvalue weighted by atomic mass is 9.65. The molecule has 1 saturated carbocycles. The van der Waals surface area contributed by atoms with Gasteiger partial charge in [0.1, 0.15) is 12.1 Å². The Kier molecular flexibility index (Phi) is 5.71. The molecule has 0 aromatic heterocycles. The van der Waals surface area contributed by atoms with E-state index in [-0.39, 0.29) is 17.9 Å². The maximum atomic E-state index is 13.0. The summed E-state index contributed by atoms with van der Waals surface area (Å²) in [7, 11) is 0. The first-order chi connectivity index (χ1) is 13.2. The van der Waals surface area contributed by atoms with E-state index in [1.807, 2.05) is 0 Å². The molecule has 7 heteroatoms. The van der Waals surface area contributed by atoms with Crippen molar-refractivity contribution in [3.8, 4) is 0 Å². The molecule has 1 aromatic rings. The molecule has 6 nitrogen and oxygen atoms in total. The van der Waals surface area contributed by atoms with Crippen molar-refractivity contribution in [3.05, 3.63) is 29.3 Å². The smallest absolute Gasteiger partial charge is 0.324 e. The van der Waals surface area contributed by atoms with Gasteiger partial charge in [-0.3, -0.25) is 14.5 Å². The lowest BCUT2D eigenvalue weighted by molar-refractivity contribution is -0.135. The molecule has 3 rings (SSSR count). The summed E-state index contributed by atoms with van der Waals surface area (Å²) in [4.78, 5) is 38.8. The maximum Gasteiger partial charge on any atom is 0.325 e. The molecular formula is C21H28ClN3O3. The molecule has 0 atom stereocenters. The van der Waals surface area contributed by atoms with E-state index >= 15 is 0 Å². The van der Waals surface area contributed by atoms with Crippen LogP contribution in [0.25, 0.3) is 0 Å². The monoisotopic (exact) mass is 405 g/mol. The number of carbonyl (C=O) groups is 3. The van der Waals surface area contributed by atoms with Gasteiger partial charge in [0.15, 0.2) is 0 Å². The van der Waals surface area contributed by atoms with Crippen molar-refractivity contribution in [2.75, 3.05) is 11.9 Å². The molecule has 0 radical (unpaired) electrons. The van der Waals surface area contributed by atoms with Crippen LogP contribution < -0.4 is 10.6 Å². The second-order valence-corrected chi connectivity index (χ2v) is 9.01. The van der Waals surface area contributed by atoms with Crippen LogP contribution in [0.1, 0.15) is 52.9 Å². The number of nitrogens with zero attached hydrogens (tertiary/aromatic N) is 1. The summed E-state index contributed by atoms with van der Waals surface area (Å²) in [5.41, 5.74) is -0.0982. The number of amides is 4. The van der Waals surface area contributed by atoms with Gasteiger partial charge in [0.25, 0.3) is 5.91 Å². The molecular weight excluding hydrogens is 378 g/mol. The van der Waals surface area contributed by atoms with Crippen molar-refractivity contribution in [3.63, 3.8) is 0 Å². The average Bonchev–Trinajstić information content (AvgIpc) is 2.86. The maximum absolute atomic E-state index is 13.0. The first-order valence-electron chi connectivity index (χ1n) is 9.86. The SMILES string of the molecule is CCC(C)(C)C1CCC2(CC1)NC(=O)N(CC(=O)Nc1cccc(Cl)c1)C2=O. The fourth-order valence-electron chi connectivity index (χ4n) is 4.25. The number of carbonyl (C=O) groups excluding carboxylic acids is 3. The van der Waals surface area contributed by atoms with Crippen LogP contribution in [0.3, 0.4) is 0 Å². The van der Waals surface area contributed by atoms with Crippen molar-refractivity contribution in [2.24, 2.45) is 11.3 Å². The molecule has 1 spiro atoms. The Balaban J connectivity index is 1.63. The third-order valence-corrected chi connectivity index (χ3v) is 6.75. The van der Waals surface area contributed by atoms with E-state index in [1.165, 1.54) is 0 Å². The number of imide groups is 1. The minimum Gasteiger partial charge on any atom is -0.324 e. The topological polar surface area (TPSA) is 78.5 Å². The van der Waals surface area contributed by atoms with Gasteiger partial charge in [0.2, 0.25) is 5.91 Å². The third kappa shape index (κ3) is 4.02. The van der Waals surface area contributed by atoms with Gasteiger partial charge in [-0.15, -0.1) is 0 Å². The normalized spacial score (nSPS) is 25.1. The highest BCUT2D eigenvalue weighted by atomic mass is 35.5. The summed E-state index contributed by atoms with van der Waals surface area (Å²) in [6.07, 6.45) is 4.13. The van der Waals surface area contributed by atoms with Crippen molar-refractivity contribution >= 4 is 35.1 Å². The van der Waals surface area contributed by atoms with Crippen molar-refractivity contribution in [1.29, 1.82) is 0 Å². The van der Waals surface area contributed by atoms with Crippen molar-refractivity contribution < 1.29 is 14.4 Å². The third-order valence-electron chi connectivity index (χ3n) is 6.51. The second kappa shape index (κ2) is 7.74. The number of hydrogen-bond acceptors (Lipinski definition) is 3. The van der Waals surface area contributed by atoms with Crippen LogP contribution in [0.4, 0.5) is 10.5 Å². The number of benzene rings is 1. The van der Waals surface area contributed by atoms with Gasteiger partial charge in [-0.2, -0.15) is 0 Å². The van der Waals surface area contributed by atoms with E-state index in [2.05, 4.69) is 31.4 Å². The summed E-state index contributed by atoms with van der Waals surface area (Å²) in [6.45, 7) is 6.41.